The topological polar surface area (TPSA) is 78.1 Å². The second-order valence-corrected chi connectivity index (χ2v) is 3.63. The number of benzene rings is 1. The highest BCUT2D eigenvalue weighted by Crippen LogP contribution is 2.40. The van der Waals surface area contributed by atoms with Crippen LogP contribution >= 0.6 is 75.1 Å². The Labute approximate surface area is 123 Å². The minimum Gasteiger partial charge on any atom is -0.397 e. The van der Waals surface area contributed by atoms with E-state index in [2.05, 4.69) is 37.9 Å². The van der Waals surface area contributed by atoms with Gasteiger partial charge in [-0.3, -0.25) is 0 Å². The van der Waals surface area contributed by atoms with Gasteiger partial charge in [-0.15, -0.1) is 75.1 Å². The van der Waals surface area contributed by atoms with Gasteiger partial charge in [-0.2, -0.15) is 0 Å². The first-order valence-electron chi connectivity index (χ1n) is 3.04. The molecule has 0 unspecified atom stereocenters. The Morgan fingerprint density at radius 1 is 0.533 bits per heavy atom. The van der Waals surface area contributed by atoms with Crippen molar-refractivity contribution in [2.24, 2.45) is 0 Å². The third kappa shape index (κ3) is 3.80. The lowest BCUT2D eigenvalue weighted by Crippen LogP contribution is -2.01. The SMILES string of the molecule is Cl.Cl.Cl.Nc1c(S)c(N)c(S)c(N)c1S. The van der Waals surface area contributed by atoms with Gasteiger partial charge < -0.3 is 17.2 Å². The summed E-state index contributed by atoms with van der Waals surface area (Å²) in [4.78, 5) is 1.41. The van der Waals surface area contributed by atoms with Crippen molar-refractivity contribution in [3.63, 3.8) is 0 Å². The van der Waals surface area contributed by atoms with E-state index >= 15 is 0 Å². The molecule has 0 spiro atoms. The van der Waals surface area contributed by atoms with Gasteiger partial charge in [0.2, 0.25) is 0 Å². The van der Waals surface area contributed by atoms with E-state index in [1.807, 2.05) is 0 Å². The Balaban J connectivity index is -0.000000480. The van der Waals surface area contributed by atoms with Crippen molar-refractivity contribution >= 4 is 92.2 Å². The lowest BCUT2D eigenvalue weighted by atomic mass is 10.2. The normalized spacial score (nSPS) is 8.20. The fraction of sp³-hybridized carbons (Fsp3) is 0. The van der Waals surface area contributed by atoms with Gasteiger partial charge in [0.25, 0.3) is 0 Å². The van der Waals surface area contributed by atoms with Crippen molar-refractivity contribution in [2.75, 3.05) is 17.2 Å². The Kier molecular flexibility index (Phi) is 10.8. The zero-order chi connectivity index (χ0) is 9.46. The summed E-state index contributed by atoms with van der Waals surface area (Å²) in [6, 6.07) is 0. The number of nitrogens with two attached hydrogens (primary N) is 3. The molecule has 0 aliphatic carbocycles. The Morgan fingerprint density at radius 3 is 0.800 bits per heavy atom. The molecule has 0 fully saturated rings. The monoisotopic (exact) mass is 327 g/mol. The molecule has 0 amide bonds. The number of hydrogen-bond donors (Lipinski definition) is 6. The zero-order valence-electron chi connectivity index (χ0n) is 7.30. The van der Waals surface area contributed by atoms with Gasteiger partial charge in [0.15, 0.2) is 0 Å². The van der Waals surface area contributed by atoms with Crippen molar-refractivity contribution in [3.8, 4) is 0 Å². The molecule has 9 heteroatoms. The summed E-state index contributed by atoms with van der Waals surface area (Å²) in [5.41, 5.74) is 18.0. The molecular weight excluding hydrogens is 317 g/mol. The van der Waals surface area contributed by atoms with E-state index in [0.717, 1.165) is 0 Å². The van der Waals surface area contributed by atoms with Crippen molar-refractivity contribution in [1.29, 1.82) is 0 Å². The second kappa shape index (κ2) is 7.76. The van der Waals surface area contributed by atoms with E-state index in [9.17, 15) is 0 Å². The summed E-state index contributed by atoms with van der Waals surface area (Å²) < 4.78 is 0. The molecule has 0 aromatic heterocycles. The van der Waals surface area contributed by atoms with Gasteiger partial charge in [0, 0.05) is 0 Å². The first-order valence-corrected chi connectivity index (χ1v) is 4.38. The Hall–Kier alpha value is 0.540. The average molecular weight is 329 g/mol. The third-order valence-corrected chi connectivity index (χ3v) is 2.98. The van der Waals surface area contributed by atoms with Crippen LogP contribution in [0.15, 0.2) is 14.7 Å². The summed E-state index contributed by atoms with van der Waals surface area (Å²) in [5, 5.41) is 0. The molecule has 1 aromatic carbocycles. The smallest absolute Gasteiger partial charge is 0.0628 e. The van der Waals surface area contributed by atoms with E-state index in [0.29, 0.717) is 31.7 Å². The number of thiol groups is 3. The van der Waals surface area contributed by atoms with Crippen LogP contribution in [-0.4, -0.2) is 0 Å². The van der Waals surface area contributed by atoms with Crippen molar-refractivity contribution in [2.45, 2.75) is 14.7 Å². The number of nitrogen functional groups attached to an aromatic ring is 3. The van der Waals surface area contributed by atoms with Crippen molar-refractivity contribution < 1.29 is 0 Å². The first-order chi connectivity index (χ1) is 5.46. The molecule has 1 rings (SSSR count). The molecule has 0 saturated heterocycles. The predicted molar refractivity (Wildman–Crippen MR) is 83.2 cm³/mol. The van der Waals surface area contributed by atoms with Gasteiger partial charge in [-0.25, -0.2) is 0 Å². The summed E-state index contributed by atoms with van der Waals surface area (Å²) in [6.07, 6.45) is 0. The highest BCUT2D eigenvalue weighted by atomic mass is 35.5. The maximum atomic E-state index is 5.61. The minimum atomic E-state index is 0. The van der Waals surface area contributed by atoms with Crippen LogP contribution in [0.1, 0.15) is 0 Å². The summed E-state index contributed by atoms with van der Waals surface area (Å²) in [5.74, 6) is 0. The first kappa shape index (κ1) is 20.9. The van der Waals surface area contributed by atoms with Gasteiger partial charge in [-0.05, 0) is 0 Å². The van der Waals surface area contributed by atoms with E-state index in [1.54, 1.807) is 0 Å². The van der Waals surface area contributed by atoms with Gasteiger partial charge in [0.05, 0.1) is 31.7 Å². The maximum Gasteiger partial charge on any atom is 0.0628 e. The third-order valence-electron chi connectivity index (χ3n) is 1.53. The predicted octanol–water partition coefficient (Wildman–Crippen LogP) is 2.56. The molecule has 0 aliphatic rings. The van der Waals surface area contributed by atoms with Crippen LogP contribution in [0.4, 0.5) is 17.1 Å². The second-order valence-electron chi connectivity index (χ2n) is 2.29. The fourth-order valence-corrected chi connectivity index (χ4v) is 1.71. The average Bonchev–Trinajstić information content (AvgIpc) is 2.08. The highest BCUT2D eigenvalue weighted by Gasteiger charge is 2.12. The van der Waals surface area contributed by atoms with Crippen LogP contribution in [0.5, 0.6) is 0 Å². The molecule has 0 heterocycles. The molecule has 0 bridgehead atoms. The van der Waals surface area contributed by atoms with Crippen molar-refractivity contribution in [3.05, 3.63) is 0 Å². The molecule has 0 saturated carbocycles. The number of rotatable bonds is 0. The van der Waals surface area contributed by atoms with Crippen LogP contribution in [0.3, 0.4) is 0 Å². The molecule has 0 atom stereocenters. The number of hydrogen-bond acceptors (Lipinski definition) is 6. The molecule has 3 nitrogen and oxygen atoms in total. The van der Waals surface area contributed by atoms with Crippen LogP contribution < -0.4 is 17.2 Å². The van der Waals surface area contributed by atoms with Crippen LogP contribution in [0, 0.1) is 0 Å². The van der Waals surface area contributed by atoms with E-state index in [4.69, 9.17) is 17.2 Å². The standard InChI is InChI=1S/C6H9N3S3.3ClH/c7-1-4(10)2(8)6(12)3(9)5(1)11;;;/h10-12H,7-9H2;3*1H. The van der Waals surface area contributed by atoms with Crippen molar-refractivity contribution in [1.82, 2.24) is 0 Å². The molecule has 0 aliphatic heterocycles. The summed E-state index contributed by atoms with van der Waals surface area (Å²) in [6.45, 7) is 0. The highest BCUT2D eigenvalue weighted by molar-refractivity contribution is 7.82. The fourth-order valence-electron chi connectivity index (χ4n) is 0.772. The summed E-state index contributed by atoms with van der Waals surface area (Å²) >= 11 is 12.3. The van der Waals surface area contributed by atoms with E-state index in [-0.39, 0.29) is 37.2 Å². The molecule has 0 radical (unpaired) electrons. The molecule has 1 aromatic rings. The molecule has 6 N–H and O–H groups in total. The maximum absolute atomic E-state index is 5.61. The molecular formula is C6H12Cl3N3S3. The summed E-state index contributed by atoms with van der Waals surface area (Å²) in [7, 11) is 0. The van der Waals surface area contributed by atoms with Gasteiger partial charge in [0.1, 0.15) is 0 Å². The van der Waals surface area contributed by atoms with Crippen LogP contribution in [-0.2, 0) is 0 Å². The minimum absolute atomic E-state index is 0. The van der Waals surface area contributed by atoms with Gasteiger partial charge in [-0.1, -0.05) is 0 Å². The zero-order valence-corrected chi connectivity index (χ0v) is 12.4. The quantitative estimate of drug-likeness (QED) is 0.327. The molecule has 15 heavy (non-hydrogen) atoms. The van der Waals surface area contributed by atoms with Gasteiger partial charge >= 0.3 is 0 Å². The lowest BCUT2D eigenvalue weighted by Gasteiger charge is -2.12. The van der Waals surface area contributed by atoms with Crippen LogP contribution in [0.25, 0.3) is 0 Å². The largest absolute Gasteiger partial charge is 0.397 e. The lowest BCUT2D eigenvalue weighted by molar-refractivity contribution is 1.28. The van der Waals surface area contributed by atoms with E-state index in [1.165, 1.54) is 0 Å². The number of anilines is 3. The Bertz CT molecular complexity index is 243. The number of halogens is 3. The van der Waals surface area contributed by atoms with E-state index < -0.39 is 0 Å². The van der Waals surface area contributed by atoms with Crippen LogP contribution in [0.2, 0.25) is 0 Å². The molecule has 90 valence electrons. The Morgan fingerprint density at radius 2 is 0.667 bits per heavy atom.